The van der Waals surface area contributed by atoms with Crippen molar-refractivity contribution in [1.29, 1.82) is 0 Å². The van der Waals surface area contributed by atoms with Crippen molar-refractivity contribution in [2.75, 3.05) is 6.54 Å². The molecule has 3 nitrogen and oxygen atoms in total. The van der Waals surface area contributed by atoms with E-state index in [4.69, 9.17) is 4.74 Å². The highest BCUT2D eigenvalue weighted by Gasteiger charge is 2.14. The topological polar surface area (TPSA) is 38.3 Å². The summed E-state index contributed by atoms with van der Waals surface area (Å²) in [5, 5.41) is 2.83. The molecule has 3 aromatic rings. The number of ether oxygens (including phenoxy) is 1. The molecule has 0 aliphatic carbocycles. The molecule has 0 fully saturated rings. The molecule has 30 heavy (non-hydrogen) atoms. The van der Waals surface area contributed by atoms with Crippen molar-refractivity contribution in [3.63, 3.8) is 0 Å². The standard InChI is InChI=1S/C27H29NO2/c1-4-16-28-27(29)21(3)25-12-14-26(15-13-25)30-19-24-7-5-6-23(18-24)17-22-10-8-20(2)9-11-22/h4-15,18,21H,1,16-17,19H2,2-3H3,(H,28,29). The SMILES string of the molecule is C=CCNC(=O)C(C)c1ccc(OCc2cccc(Cc3ccc(C)cc3)c2)cc1. The predicted octanol–water partition coefficient (Wildman–Crippen LogP) is 5.57. The summed E-state index contributed by atoms with van der Waals surface area (Å²) in [4.78, 5) is 12.1. The second-order valence-corrected chi connectivity index (χ2v) is 7.60. The summed E-state index contributed by atoms with van der Waals surface area (Å²) in [5.41, 5.74) is 5.96. The lowest BCUT2D eigenvalue weighted by molar-refractivity contribution is -0.122. The average molecular weight is 400 g/mol. The number of aryl methyl sites for hydroxylation is 1. The summed E-state index contributed by atoms with van der Waals surface area (Å²) in [7, 11) is 0. The zero-order chi connectivity index (χ0) is 21.3. The molecule has 0 heterocycles. The predicted molar refractivity (Wildman–Crippen MR) is 123 cm³/mol. The van der Waals surface area contributed by atoms with E-state index >= 15 is 0 Å². The van der Waals surface area contributed by atoms with Crippen molar-refractivity contribution in [2.45, 2.75) is 32.8 Å². The first-order valence-electron chi connectivity index (χ1n) is 10.3. The molecular weight excluding hydrogens is 370 g/mol. The molecule has 3 aromatic carbocycles. The van der Waals surface area contributed by atoms with Gasteiger partial charge in [0, 0.05) is 6.54 Å². The Bertz CT molecular complexity index is 975. The molecule has 1 N–H and O–H groups in total. The summed E-state index contributed by atoms with van der Waals surface area (Å²) in [6, 6.07) is 24.9. The first kappa shape index (κ1) is 21.4. The molecular formula is C27H29NO2. The van der Waals surface area contributed by atoms with Crippen molar-refractivity contribution in [1.82, 2.24) is 5.32 Å². The molecule has 3 rings (SSSR count). The van der Waals surface area contributed by atoms with Crippen LogP contribution in [0.1, 0.15) is 40.7 Å². The summed E-state index contributed by atoms with van der Waals surface area (Å²) < 4.78 is 5.96. The number of nitrogens with one attached hydrogen (secondary N) is 1. The van der Waals surface area contributed by atoms with Crippen LogP contribution >= 0.6 is 0 Å². The number of amides is 1. The molecule has 0 saturated carbocycles. The Morgan fingerprint density at radius 3 is 2.40 bits per heavy atom. The summed E-state index contributed by atoms with van der Waals surface area (Å²) in [6.07, 6.45) is 2.59. The molecule has 0 bridgehead atoms. The maximum absolute atomic E-state index is 12.1. The minimum atomic E-state index is -0.211. The quantitative estimate of drug-likeness (QED) is 0.478. The van der Waals surface area contributed by atoms with E-state index in [9.17, 15) is 4.79 Å². The summed E-state index contributed by atoms with van der Waals surface area (Å²) in [6.45, 7) is 8.61. The Balaban J connectivity index is 1.57. The Hall–Kier alpha value is -3.33. The van der Waals surface area contributed by atoms with Gasteiger partial charge in [-0.2, -0.15) is 0 Å². The second-order valence-electron chi connectivity index (χ2n) is 7.60. The highest BCUT2D eigenvalue weighted by Crippen LogP contribution is 2.21. The Labute approximate surface area is 179 Å². The smallest absolute Gasteiger partial charge is 0.227 e. The highest BCUT2D eigenvalue weighted by atomic mass is 16.5. The van der Waals surface area contributed by atoms with E-state index in [1.165, 1.54) is 16.7 Å². The van der Waals surface area contributed by atoms with Crippen LogP contribution in [0.15, 0.2) is 85.5 Å². The van der Waals surface area contributed by atoms with Gasteiger partial charge >= 0.3 is 0 Å². The van der Waals surface area contributed by atoms with Crippen molar-refractivity contribution >= 4 is 5.91 Å². The Morgan fingerprint density at radius 2 is 1.70 bits per heavy atom. The highest BCUT2D eigenvalue weighted by molar-refractivity contribution is 5.83. The van der Waals surface area contributed by atoms with Gasteiger partial charge in [0.25, 0.3) is 0 Å². The minimum Gasteiger partial charge on any atom is -0.489 e. The van der Waals surface area contributed by atoms with E-state index in [2.05, 4.69) is 67.4 Å². The first-order valence-corrected chi connectivity index (χ1v) is 10.3. The maximum atomic E-state index is 12.1. The molecule has 0 aliphatic heterocycles. The van der Waals surface area contributed by atoms with Crippen LogP contribution in [0.2, 0.25) is 0 Å². The van der Waals surface area contributed by atoms with Gasteiger partial charge in [-0.25, -0.2) is 0 Å². The van der Waals surface area contributed by atoms with E-state index in [0.29, 0.717) is 13.2 Å². The molecule has 0 saturated heterocycles. The zero-order valence-electron chi connectivity index (χ0n) is 17.7. The van der Waals surface area contributed by atoms with Crippen molar-refractivity contribution in [2.24, 2.45) is 0 Å². The summed E-state index contributed by atoms with van der Waals surface area (Å²) >= 11 is 0. The Morgan fingerprint density at radius 1 is 1.00 bits per heavy atom. The van der Waals surface area contributed by atoms with Gasteiger partial charge in [-0.3, -0.25) is 4.79 Å². The molecule has 0 aromatic heterocycles. The van der Waals surface area contributed by atoms with Crippen LogP contribution in [0.3, 0.4) is 0 Å². The van der Waals surface area contributed by atoms with E-state index in [-0.39, 0.29) is 11.8 Å². The van der Waals surface area contributed by atoms with Gasteiger partial charge in [0.05, 0.1) is 5.92 Å². The number of hydrogen-bond acceptors (Lipinski definition) is 2. The lowest BCUT2D eigenvalue weighted by Gasteiger charge is -2.13. The van der Waals surface area contributed by atoms with Crippen molar-refractivity contribution < 1.29 is 9.53 Å². The van der Waals surface area contributed by atoms with Crippen LogP contribution < -0.4 is 10.1 Å². The average Bonchev–Trinajstić information content (AvgIpc) is 2.78. The molecule has 1 atom stereocenters. The monoisotopic (exact) mass is 399 g/mol. The van der Waals surface area contributed by atoms with Gasteiger partial charge in [-0.15, -0.1) is 6.58 Å². The van der Waals surface area contributed by atoms with Crippen LogP contribution in [-0.2, 0) is 17.8 Å². The lowest BCUT2D eigenvalue weighted by atomic mass is 10.0. The van der Waals surface area contributed by atoms with Gasteiger partial charge in [0.2, 0.25) is 5.91 Å². The third kappa shape index (κ3) is 6.08. The van der Waals surface area contributed by atoms with Crippen LogP contribution in [0.4, 0.5) is 0 Å². The number of hydrogen-bond donors (Lipinski definition) is 1. The zero-order valence-corrected chi connectivity index (χ0v) is 17.7. The second kappa shape index (κ2) is 10.4. The molecule has 0 radical (unpaired) electrons. The van der Waals surface area contributed by atoms with Gasteiger partial charge in [0.15, 0.2) is 0 Å². The normalized spacial score (nSPS) is 11.5. The fraction of sp³-hybridized carbons (Fsp3) is 0.222. The lowest BCUT2D eigenvalue weighted by Crippen LogP contribution is -2.27. The van der Waals surface area contributed by atoms with Crippen LogP contribution in [-0.4, -0.2) is 12.5 Å². The largest absolute Gasteiger partial charge is 0.489 e. The number of carbonyl (C=O) groups excluding carboxylic acids is 1. The number of benzene rings is 3. The molecule has 0 spiro atoms. The molecule has 3 heteroatoms. The third-order valence-corrected chi connectivity index (χ3v) is 5.12. The van der Waals surface area contributed by atoms with Crippen molar-refractivity contribution in [3.05, 3.63) is 113 Å². The molecule has 154 valence electrons. The fourth-order valence-corrected chi connectivity index (χ4v) is 3.27. The Kier molecular flexibility index (Phi) is 7.45. The van der Waals surface area contributed by atoms with E-state index < -0.39 is 0 Å². The van der Waals surface area contributed by atoms with Crippen LogP contribution in [0.5, 0.6) is 5.75 Å². The maximum Gasteiger partial charge on any atom is 0.227 e. The van der Waals surface area contributed by atoms with Gasteiger partial charge in [-0.1, -0.05) is 72.3 Å². The molecule has 0 aliphatic rings. The summed E-state index contributed by atoms with van der Waals surface area (Å²) in [5.74, 6) is 0.577. The van der Waals surface area contributed by atoms with E-state index in [1.807, 2.05) is 31.2 Å². The third-order valence-electron chi connectivity index (χ3n) is 5.12. The number of rotatable bonds is 9. The molecule has 1 unspecified atom stereocenters. The van der Waals surface area contributed by atoms with Gasteiger partial charge in [-0.05, 0) is 54.7 Å². The minimum absolute atomic E-state index is 0.00559. The van der Waals surface area contributed by atoms with Gasteiger partial charge in [0.1, 0.15) is 12.4 Å². The molecule has 1 amide bonds. The van der Waals surface area contributed by atoms with Gasteiger partial charge < -0.3 is 10.1 Å². The fourth-order valence-electron chi connectivity index (χ4n) is 3.27. The van der Waals surface area contributed by atoms with E-state index in [0.717, 1.165) is 23.3 Å². The van der Waals surface area contributed by atoms with E-state index in [1.54, 1.807) is 6.08 Å². The van der Waals surface area contributed by atoms with Crippen molar-refractivity contribution in [3.8, 4) is 5.75 Å². The van der Waals surface area contributed by atoms with Crippen LogP contribution in [0.25, 0.3) is 0 Å². The van der Waals surface area contributed by atoms with Crippen LogP contribution in [0, 0.1) is 6.92 Å². The first-order chi connectivity index (χ1) is 14.5. The number of carbonyl (C=O) groups is 1.